The van der Waals surface area contributed by atoms with Crippen LogP contribution in [0, 0.1) is 0 Å². The zero-order chi connectivity index (χ0) is 12.8. The second-order valence-electron chi connectivity index (χ2n) is 4.45. The van der Waals surface area contributed by atoms with Crippen LogP contribution in [0.2, 0.25) is 0 Å². The quantitative estimate of drug-likeness (QED) is 0.500. The summed E-state index contributed by atoms with van der Waals surface area (Å²) < 4.78 is 0. The second-order valence-corrected chi connectivity index (χ2v) is 5.67. The van der Waals surface area contributed by atoms with E-state index in [0.29, 0.717) is 6.42 Å². The lowest BCUT2D eigenvalue weighted by Gasteiger charge is -2.02. The lowest BCUT2D eigenvalue weighted by molar-refractivity contribution is -0.118. The average molecular weight is 260 g/mol. The van der Waals surface area contributed by atoms with Crippen LogP contribution in [0.25, 0.3) is 0 Å². The van der Waals surface area contributed by atoms with Gasteiger partial charge in [-0.2, -0.15) is 11.8 Å². The highest BCUT2D eigenvalue weighted by atomic mass is 32.2. The van der Waals surface area contributed by atoms with E-state index in [1.807, 2.05) is 11.8 Å². The number of carbonyl (C=O) groups is 1. The molecular weight excluding hydrogens is 232 g/mol. The summed E-state index contributed by atoms with van der Waals surface area (Å²) in [6.45, 7) is 0.802. The third-order valence-electron chi connectivity index (χ3n) is 2.72. The number of carbonyl (C=O) groups excluding carboxylic acids is 1. The predicted octanol–water partition coefficient (Wildman–Crippen LogP) is 2.67. The van der Waals surface area contributed by atoms with Gasteiger partial charge in [0.2, 0.25) is 5.91 Å². The Balaban J connectivity index is 2.91. The normalized spacial score (nSPS) is 10.6. The van der Waals surface area contributed by atoms with Gasteiger partial charge in [-0.25, -0.2) is 0 Å². The fraction of sp³-hybridized carbons (Fsp3) is 0.923. The zero-order valence-corrected chi connectivity index (χ0v) is 11.8. The predicted molar refractivity (Wildman–Crippen MR) is 77.1 cm³/mol. The maximum absolute atomic E-state index is 10.5. The molecule has 0 unspecified atom stereocenters. The van der Waals surface area contributed by atoms with Gasteiger partial charge < -0.3 is 11.5 Å². The highest BCUT2D eigenvalue weighted by Crippen LogP contribution is 2.11. The summed E-state index contributed by atoms with van der Waals surface area (Å²) in [4.78, 5) is 10.5. The maximum Gasteiger partial charge on any atom is 0.217 e. The molecule has 0 atom stereocenters. The van der Waals surface area contributed by atoms with Gasteiger partial charge in [-0.1, -0.05) is 38.5 Å². The molecule has 0 aromatic heterocycles. The van der Waals surface area contributed by atoms with E-state index in [1.54, 1.807) is 0 Å². The number of nitrogens with two attached hydrogens (primary N) is 2. The summed E-state index contributed by atoms with van der Waals surface area (Å²) in [6.07, 6.45) is 10.6. The molecule has 0 aromatic carbocycles. The molecule has 0 aromatic rings. The maximum atomic E-state index is 10.5. The third-order valence-corrected chi connectivity index (χ3v) is 3.83. The molecule has 4 N–H and O–H groups in total. The Morgan fingerprint density at radius 3 is 1.88 bits per heavy atom. The monoisotopic (exact) mass is 260 g/mol. The van der Waals surface area contributed by atoms with Crippen LogP contribution in [0.4, 0.5) is 0 Å². The van der Waals surface area contributed by atoms with E-state index >= 15 is 0 Å². The first-order chi connectivity index (χ1) is 8.27. The Bertz CT molecular complexity index is 177. The van der Waals surface area contributed by atoms with Gasteiger partial charge >= 0.3 is 0 Å². The van der Waals surface area contributed by atoms with Crippen molar-refractivity contribution in [1.29, 1.82) is 0 Å². The highest BCUT2D eigenvalue weighted by Gasteiger charge is 1.95. The van der Waals surface area contributed by atoms with E-state index in [1.165, 1.54) is 44.3 Å². The van der Waals surface area contributed by atoms with E-state index in [4.69, 9.17) is 11.5 Å². The number of thioether (sulfide) groups is 1. The van der Waals surface area contributed by atoms with Crippen LogP contribution < -0.4 is 11.5 Å². The van der Waals surface area contributed by atoms with Gasteiger partial charge in [-0.3, -0.25) is 4.79 Å². The van der Waals surface area contributed by atoms with E-state index < -0.39 is 0 Å². The Labute approximate surface area is 110 Å². The van der Waals surface area contributed by atoms with Crippen molar-refractivity contribution >= 4 is 17.7 Å². The molecule has 1 amide bonds. The Kier molecular flexibility index (Phi) is 13.7. The summed E-state index contributed by atoms with van der Waals surface area (Å²) in [5.41, 5.74) is 10.5. The topological polar surface area (TPSA) is 69.1 Å². The van der Waals surface area contributed by atoms with Gasteiger partial charge in [-0.05, 0) is 18.6 Å². The van der Waals surface area contributed by atoms with Crippen LogP contribution in [0.5, 0.6) is 0 Å². The summed E-state index contributed by atoms with van der Waals surface area (Å²) in [5, 5.41) is 0. The molecule has 0 spiro atoms. The van der Waals surface area contributed by atoms with Gasteiger partial charge in [0.15, 0.2) is 0 Å². The summed E-state index contributed by atoms with van der Waals surface area (Å²) in [7, 11) is 0. The van der Waals surface area contributed by atoms with Crippen molar-refractivity contribution in [3.05, 3.63) is 0 Å². The molecule has 0 heterocycles. The standard InChI is InChI=1S/C13H28N2OS/c14-10-12-17-11-8-6-4-2-1-3-5-7-9-13(15)16/h1-12,14H2,(H2,15,16). The molecule has 102 valence electrons. The molecule has 17 heavy (non-hydrogen) atoms. The van der Waals surface area contributed by atoms with Gasteiger partial charge in [0.25, 0.3) is 0 Å². The molecule has 0 radical (unpaired) electrons. The van der Waals surface area contributed by atoms with Gasteiger partial charge in [0.05, 0.1) is 0 Å². The average Bonchev–Trinajstić information content (AvgIpc) is 2.30. The number of hydrogen-bond acceptors (Lipinski definition) is 3. The number of amides is 1. The molecule has 0 aliphatic rings. The smallest absolute Gasteiger partial charge is 0.217 e. The van der Waals surface area contributed by atoms with Crippen molar-refractivity contribution in [3.63, 3.8) is 0 Å². The van der Waals surface area contributed by atoms with Crippen molar-refractivity contribution in [2.75, 3.05) is 18.1 Å². The number of rotatable bonds is 13. The fourth-order valence-corrected chi connectivity index (χ4v) is 2.53. The molecule has 3 nitrogen and oxygen atoms in total. The van der Waals surface area contributed by atoms with Crippen LogP contribution in [-0.4, -0.2) is 24.0 Å². The number of unbranched alkanes of at least 4 members (excludes halogenated alkanes) is 7. The van der Waals surface area contributed by atoms with Crippen molar-refractivity contribution in [2.45, 2.75) is 57.8 Å². The molecule has 0 aliphatic heterocycles. The SMILES string of the molecule is NCCSCCCCCCCCCCC(N)=O. The molecule has 0 aliphatic carbocycles. The Hall–Kier alpha value is -0.220. The van der Waals surface area contributed by atoms with Crippen LogP contribution in [0.1, 0.15) is 57.8 Å². The molecular formula is C13H28N2OS. The van der Waals surface area contributed by atoms with Crippen molar-refractivity contribution in [3.8, 4) is 0 Å². The van der Waals surface area contributed by atoms with Crippen LogP contribution in [0.3, 0.4) is 0 Å². The number of hydrogen-bond donors (Lipinski definition) is 2. The first-order valence-electron chi connectivity index (χ1n) is 6.83. The summed E-state index contributed by atoms with van der Waals surface area (Å²) in [5.74, 6) is 2.19. The Morgan fingerprint density at radius 2 is 1.35 bits per heavy atom. The molecule has 0 saturated carbocycles. The molecule has 4 heteroatoms. The lowest BCUT2D eigenvalue weighted by Crippen LogP contribution is -2.09. The highest BCUT2D eigenvalue weighted by molar-refractivity contribution is 7.99. The van der Waals surface area contributed by atoms with Crippen molar-refractivity contribution < 1.29 is 4.79 Å². The molecule has 0 bridgehead atoms. The minimum atomic E-state index is -0.167. The minimum Gasteiger partial charge on any atom is -0.370 e. The zero-order valence-electron chi connectivity index (χ0n) is 11.0. The van der Waals surface area contributed by atoms with Crippen LogP contribution in [-0.2, 0) is 4.79 Å². The van der Waals surface area contributed by atoms with Crippen molar-refractivity contribution in [1.82, 2.24) is 0 Å². The largest absolute Gasteiger partial charge is 0.370 e. The third kappa shape index (κ3) is 15.8. The van der Waals surface area contributed by atoms with E-state index in [0.717, 1.165) is 25.1 Å². The van der Waals surface area contributed by atoms with E-state index in [2.05, 4.69) is 0 Å². The van der Waals surface area contributed by atoms with Crippen LogP contribution in [0.15, 0.2) is 0 Å². The first kappa shape index (κ1) is 16.8. The minimum absolute atomic E-state index is 0.167. The van der Waals surface area contributed by atoms with Gasteiger partial charge in [0, 0.05) is 18.7 Å². The molecule has 0 fully saturated rings. The summed E-state index contributed by atoms with van der Waals surface area (Å²) in [6, 6.07) is 0. The lowest BCUT2D eigenvalue weighted by atomic mass is 10.1. The van der Waals surface area contributed by atoms with Gasteiger partial charge in [0.1, 0.15) is 0 Å². The molecule has 0 rings (SSSR count). The molecule has 0 saturated heterocycles. The van der Waals surface area contributed by atoms with Crippen molar-refractivity contribution in [2.24, 2.45) is 11.5 Å². The fourth-order valence-electron chi connectivity index (χ4n) is 1.75. The first-order valence-corrected chi connectivity index (χ1v) is 7.99. The second kappa shape index (κ2) is 13.8. The Morgan fingerprint density at radius 1 is 0.824 bits per heavy atom. The summed E-state index contributed by atoms with van der Waals surface area (Å²) >= 11 is 1.96. The van der Waals surface area contributed by atoms with E-state index in [-0.39, 0.29) is 5.91 Å². The van der Waals surface area contributed by atoms with Gasteiger partial charge in [-0.15, -0.1) is 0 Å². The van der Waals surface area contributed by atoms with E-state index in [9.17, 15) is 4.79 Å². The van der Waals surface area contributed by atoms with Crippen LogP contribution >= 0.6 is 11.8 Å². The number of primary amides is 1.